The molecule has 2 aliphatic rings. The molecule has 0 aliphatic carbocycles. The van der Waals surface area contributed by atoms with Crippen molar-refractivity contribution < 1.29 is 50.6 Å². The highest BCUT2D eigenvalue weighted by Crippen LogP contribution is 2.44. The van der Waals surface area contributed by atoms with Crippen LogP contribution in [0.3, 0.4) is 0 Å². The molecule has 0 radical (unpaired) electrons. The Morgan fingerprint density at radius 2 is 0.973 bits per heavy atom. The van der Waals surface area contributed by atoms with Gasteiger partial charge in [0.25, 0.3) is 0 Å². The van der Waals surface area contributed by atoms with Gasteiger partial charge in [-0.3, -0.25) is 0 Å². The van der Waals surface area contributed by atoms with Crippen LogP contribution in [0.5, 0.6) is 0 Å². The molecular formula is C58H90N2O11Si3. The molecule has 0 aromatic carbocycles. The van der Waals surface area contributed by atoms with Crippen LogP contribution in [0.2, 0.25) is 55.9 Å². The minimum Gasteiger partial charge on any atom is -0.464 e. The highest BCUT2D eigenvalue weighted by atomic mass is 28.4. The summed E-state index contributed by atoms with van der Waals surface area (Å²) >= 11 is 0. The zero-order chi connectivity index (χ0) is 55.5. The normalized spacial score (nSPS) is 21.4. The van der Waals surface area contributed by atoms with Crippen LogP contribution in [0, 0.1) is 10.8 Å². The number of allylic oxidation sites excluding steroid dienone is 6. The molecule has 13 nitrogen and oxygen atoms in total. The lowest BCUT2D eigenvalue weighted by molar-refractivity contribution is -0.0420. The van der Waals surface area contributed by atoms with Crippen molar-refractivity contribution in [2.45, 2.75) is 201 Å². The van der Waals surface area contributed by atoms with E-state index in [2.05, 4.69) is 167 Å². The van der Waals surface area contributed by atoms with Gasteiger partial charge in [-0.25, -0.2) is 19.6 Å². The second-order valence-corrected chi connectivity index (χ2v) is 38.5. The lowest BCUT2D eigenvalue weighted by Gasteiger charge is -2.47. The molecular weight excluding hydrogens is 985 g/mol. The molecule has 2 aromatic rings. The first-order valence-corrected chi connectivity index (χ1v) is 35.3. The van der Waals surface area contributed by atoms with Crippen LogP contribution in [0.25, 0.3) is 12.2 Å². The van der Waals surface area contributed by atoms with Crippen LogP contribution in [-0.2, 0) is 32.2 Å². The number of oxazole rings is 2. The first kappa shape index (κ1) is 62.3. The molecule has 16 heteroatoms. The fourth-order valence-corrected chi connectivity index (χ4v) is 11.4. The quantitative estimate of drug-likeness (QED) is 0.0274. The van der Waals surface area contributed by atoms with Crippen LogP contribution in [0.1, 0.15) is 129 Å². The van der Waals surface area contributed by atoms with E-state index in [1.165, 1.54) is 19.6 Å². The molecule has 0 unspecified atom stereocenters. The van der Waals surface area contributed by atoms with Gasteiger partial charge < -0.3 is 41.1 Å². The number of carbonyl (C=O) groups excluding carboxylic acids is 2. The number of esters is 2. The third-order valence-corrected chi connectivity index (χ3v) is 24.4. The van der Waals surface area contributed by atoms with Gasteiger partial charge in [-0.2, -0.15) is 0 Å². The summed E-state index contributed by atoms with van der Waals surface area (Å²) in [4.78, 5) is 34.1. The summed E-state index contributed by atoms with van der Waals surface area (Å²) < 4.78 is 54.8. The second-order valence-electron chi connectivity index (χ2n) is 24.5. The average Bonchev–Trinajstić information content (AvgIpc) is 4.09. The predicted molar refractivity (Wildman–Crippen MR) is 304 cm³/mol. The van der Waals surface area contributed by atoms with E-state index >= 15 is 0 Å². The molecule has 8 atom stereocenters. The molecule has 2 aromatic heterocycles. The maximum Gasteiger partial charge on any atom is 0.360 e. The largest absolute Gasteiger partial charge is 0.464 e. The Balaban J connectivity index is 1.41. The Morgan fingerprint density at radius 3 is 1.36 bits per heavy atom. The zero-order valence-corrected chi connectivity index (χ0v) is 51.3. The smallest absolute Gasteiger partial charge is 0.360 e. The van der Waals surface area contributed by atoms with Crippen LogP contribution in [0.15, 0.2) is 106 Å². The molecule has 0 spiro atoms. The Kier molecular flexibility index (Phi) is 21.6. The Hall–Kier alpha value is -4.27. The lowest BCUT2D eigenvalue weighted by atomic mass is 9.79. The summed E-state index contributed by atoms with van der Waals surface area (Å²) in [7, 11) is -4.92. The van der Waals surface area contributed by atoms with E-state index in [0.717, 1.165) is 6.42 Å². The second kappa shape index (κ2) is 25.7. The molecule has 0 N–H and O–H groups in total. The van der Waals surface area contributed by atoms with E-state index in [1.807, 2.05) is 55.5 Å². The van der Waals surface area contributed by atoms with Crippen LogP contribution >= 0.6 is 0 Å². The highest BCUT2D eigenvalue weighted by molar-refractivity contribution is 6.74. The molecule has 4 heterocycles. The topological polar surface area (TPSA) is 157 Å². The third kappa shape index (κ3) is 18.2. The first-order chi connectivity index (χ1) is 34.3. The standard InChI is InChI=1S/C58H90N2O11Si3/c1-21-29-48(70-73(17,18)55(3,4)5)57(9,10)47(35-27-33-45-43(66-45)31-23-25-37-51-59-41(39-64-51)53(61)63-13)68-54(62)42-40-65-52(60-42)38-26-24-32-44-46(67-44)34-28-36-50(69-72(14,15)16)58(11,12)49(30-22-2)71-74(19,20)56(6,7)8/h21-34,37-40,43-50H,35-36H2,1-20H3/b29-21+,30-22+,31-23+,32-24+,33-27-,34-28-,37-25-,38-26-/t43-,44-,45+,46+,47-,48-,49-,50-/m0/s1. The predicted octanol–water partition coefficient (Wildman–Crippen LogP) is 14.4. The van der Waals surface area contributed by atoms with Gasteiger partial charge in [-0.15, -0.1) is 0 Å². The number of hydrogen-bond donors (Lipinski definition) is 0. The SMILES string of the molecule is C/C=C/[C@H](O[Si](C)(C)C(C)(C)C)C(C)(C)[C@H](C/C=C\[C@H]1O[C@H]1/C=C/C=C\c1nc(C(=O)OC)co1)OC(=O)c1coc(/C=C\C=C\[C@@H]2O[C@@H]2/C=C\C[C@H](O[Si](C)(C)C)C(C)(C)[C@H](/C=C/C)O[Si](C)(C)C(C)(C)C)n1. The molecule has 0 amide bonds. The number of carbonyl (C=O) groups is 2. The third-order valence-electron chi connectivity index (χ3n) is 14.5. The van der Waals surface area contributed by atoms with Gasteiger partial charge in [0.2, 0.25) is 11.8 Å². The van der Waals surface area contributed by atoms with E-state index in [9.17, 15) is 9.59 Å². The fraction of sp³-hybridized carbons (Fsp3) is 0.586. The number of rotatable bonds is 27. The number of hydrogen-bond acceptors (Lipinski definition) is 13. The summed E-state index contributed by atoms with van der Waals surface area (Å²) in [5.41, 5.74) is -0.766. The number of nitrogens with zero attached hydrogens (tertiary/aromatic N) is 2. The molecule has 410 valence electrons. The summed E-state index contributed by atoms with van der Waals surface area (Å²) in [5, 5.41) is 0.0486. The number of epoxide rings is 2. The van der Waals surface area contributed by atoms with Crippen LogP contribution in [-0.4, -0.2) is 103 Å². The molecule has 2 saturated heterocycles. The summed E-state index contributed by atoms with van der Waals surface area (Å²) in [5.74, 6) is -0.605. The van der Waals surface area contributed by atoms with Gasteiger partial charge in [0.05, 0.1) is 25.4 Å². The number of aromatic nitrogens is 2. The van der Waals surface area contributed by atoms with Crippen molar-refractivity contribution in [3.63, 3.8) is 0 Å². The first-order valence-electron chi connectivity index (χ1n) is 26.1. The van der Waals surface area contributed by atoms with E-state index in [1.54, 1.807) is 18.2 Å². The summed E-state index contributed by atoms with van der Waals surface area (Å²) in [6.07, 6.45) is 33.5. The van der Waals surface area contributed by atoms with Crippen LogP contribution < -0.4 is 0 Å². The highest BCUT2D eigenvalue weighted by Gasteiger charge is 2.48. The van der Waals surface area contributed by atoms with Crippen molar-refractivity contribution >= 4 is 49.0 Å². The molecule has 4 rings (SSSR count). The van der Waals surface area contributed by atoms with Crippen LogP contribution in [0.4, 0.5) is 0 Å². The summed E-state index contributed by atoms with van der Waals surface area (Å²) in [6.45, 7) is 42.0. The van der Waals surface area contributed by atoms with Gasteiger partial charge in [0, 0.05) is 29.4 Å². The van der Waals surface area contributed by atoms with E-state index < -0.39 is 48.4 Å². The van der Waals surface area contributed by atoms with Gasteiger partial charge in [-0.1, -0.05) is 154 Å². The maximum absolute atomic E-state index is 13.9. The summed E-state index contributed by atoms with van der Waals surface area (Å²) in [6, 6.07) is 0. The Morgan fingerprint density at radius 1 is 0.581 bits per heavy atom. The van der Waals surface area contributed by atoms with Crippen molar-refractivity contribution in [1.29, 1.82) is 0 Å². The van der Waals surface area contributed by atoms with Crippen molar-refractivity contribution in [3.05, 3.63) is 121 Å². The van der Waals surface area contributed by atoms with Crippen molar-refractivity contribution in [1.82, 2.24) is 9.97 Å². The van der Waals surface area contributed by atoms with E-state index in [0.29, 0.717) is 6.42 Å². The monoisotopic (exact) mass is 1070 g/mol. The molecule has 2 fully saturated rings. The van der Waals surface area contributed by atoms with Gasteiger partial charge in [0.1, 0.15) is 43.0 Å². The van der Waals surface area contributed by atoms with Crippen molar-refractivity contribution in [2.75, 3.05) is 7.11 Å². The van der Waals surface area contributed by atoms with Gasteiger partial charge >= 0.3 is 11.9 Å². The minimum atomic E-state index is -2.25. The molecule has 2 aliphatic heterocycles. The number of methoxy groups -OCH3 is 1. The van der Waals surface area contributed by atoms with Crippen molar-refractivity contribution in [3.8, 4) is 0 Å². The lowest BCUT2D eigenvalue weighted by Crippen LogP contribution is -2.52. The molecule has 74 heavy (non-hydrogen) atoms. The molecule has 0 saturated carbocycles. The maximum atomic E-state index is 13.9. The van der Waals surface area contributed by atoms with E-state index in [4.69, 9.17) is 36.3 Å². The Bertz CT molecular complexity index is 2400. The average molecular weight is 1080 g/mol. The fourth-order valence-electron chi connectivity index (χ4n) is 7.41. The minimum absolute atomic E-state index is 0.0276. The molecule has 0 bridgehead atoms. The zero-order valence-electron chi connectivity index (χ0n) is 48.3. The van der Waals surface area contributed by atoms with Crippen molar-refractivity contribution in [2.24, 2.45) is 10.8 Å². The van der Waals surface area contributed by atoms with Gasteiger partial charge in [0.15, 0.2) is 36.3 Å². The Labute approximate surface area is 447 Å². The van der Waals surface area contributed by atoms with Gasteiger partial charge in [-0.05, 0) is 76.2 Å². The van der Waals surface area contributed by atoms with E-state index in [-0.39, 0.29) is 81.4 Å². The number of ether oxygens (including phenoxy) is 4.